The van der Waals surface area contributed by atoms with Crippen LogP contribution in [0.4, 0.5) is 13.2 Å². The number of pyridine rings is 1. The van der Waals surface area contributed by atoms with Gasteiger partial charge >= 0.3 is 12.3 Å². The zero-order chi connectivity index (χ0) is 13.9. The molecule has 18 heavy (non-hydrogen) atoms. The Morgan fingerprint density at radius 1 is 1.44 bits per heavy atom. The number of aliphatic carboxylic acids is 1. The fraction of sp³-hybridized carbons (Fsp3) is 0.333. The number of hydrogen-bond donors (Lipinski definition) is 2. The Bertz CT molecular complexity index is 464. The van der Waals surface area contributed by atoms with E-state index in [1.807, 2.05) is 0 Å². The van der Waals surface area contributed by atoms with Crippen LogP contribution in [-0.2, 0) is 17.1 Å². The summed E-state index contributed by atoms with van der Waals surface area (Å²) < 4.78 is 39.7. The third-order valence-corrected chi connectivity index (χ3v) is 2.04. The van der Waals surface area contributed by atoms with E-state index in [0.717, 1.165) is 0 Å². The predicted octanol–water partition coefficient (Wildman–Crippen LogP) is 2.05. The molecular formula is C9H7ClF3NO4. The molecule has 1 heterocycles. The van der Waals surface area contributed by atoms with Crippen molar-refractivity contribution in [3.8, 4) is 11.5 Å². The monoisotopic (exact) mass is 285 g/mol. The first-order valence-electron chi connectivity index (χ1n) is 4.48. The fourth-order valence-corrected chi connectivity index (χ4v) is 1.34. The van der Waals surface area contributed by atoms with Crippen LogP contribution in [0.15, 0.2) is 6.07 Å². The van der Waals surface area contributed by atoms with Crippen LogP contribution < -0.4 is 4.74 Å². The summed E-state index contributed by atoms with van der Waals surface area (Å²) in [6.45, 7) is 0. The lowest BCUT2D eigenvalue weighted by molar-refractivity contribution is -0.275. The summed E-state index contributed by atoms with van der Waals surface area (Å²) in [4.78, 5) is 14.0. The highest BCUT2D eigenvalue weighted by atomic mass is 35.5. The molecule has 1 aromatic heterocycles. The first-order chi connectivity index (χ1) is 8.23. The van der Waals surface area contributed by atoms with Crippen molar-refractivity contribution in [2.75, 3.05) is 0 Å². The highest BCUT2D eigenvalue weighted by molar-refractivity contribution is 6.17. The van der Waals surface area contributed by atoms with Gasteiger partial charge in [-0.2, -0.15) is 0 Å². The largest absolute Gasteiger partial charge is 0.573 e. The van der Waals surface area contributed by atoms with Crippen LogP contribution in [0.2, 0.25) is 0 Å². The number of aromatic hydroxyl groups is 1. The van der Waals surface area contributed by atoms with Gasteiger partial charge in [0, 0.05) is 6.07 Å². The number of halogens is 4. The van der Waals surface area contributed by atoms with E-state index in [-0.39, 0.29) is 11.4 Å². The van der Waals surface area contributed by atoms with E-state index in [2.05, 4.69) is 9.72 Å². The Morgan fingerprint density at radius 3 is 2.50 bits per heavy atom. The molecule has 0 aliphatic carbocycles. The van der Waals surface area contributed by atoms with Crippen LogP contribution in [0, 0.1) is 0 Å². The van der Waals surface area contributed by atoms with Crippen molar-refractivity contribution in [1.29, 1.82) is 0 Å². The van der Waals surface area contributed by atoms with Gasteiger partial charge < -0.3 is 14.9 Å². The van der Waals surface area contributed by atoms with Crippen molar-refractivity contribution < 1.29 is 32.9 Å². The van der Waals surface area contributed by atoms with Crippen molar-refractivity contribution in [2.45, 2.75) is 18.7 Å². The van der Waals surface area contributed by atoms with Gasteiger partial charge in [0.1, 0.15) is 5.75 Å². The number of carboxylic acids is 1. The minimum Gasteiger partial charge on any atom is -0.506 e. The van der Waals surface area contributed by atoms with Gasteiger partial charge in [-0.3, -0.25) is 4.79 Å². The first-order valence-corrected chi connectivity index (χ1v) is 5.01. The number of carboxylic acid groups (broad SMARTS) is 1. The molecule has 0 fully saturated rings. The molecule has 0 aliphatic heterocycles. The smallest absolute Gasteiger partial charge is 0.506 e. The van der Waals surface area contributed by atoms with Gasteiger partial charge in [-0.05, 0) is 0 Å². The second-order valence-electron chi connectivity index (χ2n) is 3.15. The van der Waals surface area contributed by atoms with Crippen LogP contribution in [0.1, 0.15) is 11.4 Å². The van der Waals surface area contributed by atoms with Gasteiger partial charge in [-0.1, -0.05) is 0 Å². The van der Waals surface area contributed by atoms with Crippen LogP contribution in [-0.4, -0.2) is 27.5 Å². The summed E-state index contributed by atoms with van der Waals surface area (Å²) >= 11 is 5.38. The van der Waals surface area contributed by atoms with Crippen molar-refractivity contribution >= 4 is 17.6 Å². The van der Waals surface area contributed by atoms with Crippen molar-refractivity contribution in [3.63, 3.8) is 0 Å². The van der Waals surface area contributed by atoms with E-state index >= 15 is 0 Å². The fourth-order valence-electron chi connectivity index (χ4n) is 1.15. The Kier molecular flexibility index (Phi) is 4.23. The van der Waals surface area contributed by atoms with E-state index in [0.29, 0.717) is 6.07 Å². The highest BCUT2D eigenvalue weighted by Gasteiger charge is 2.33. The van der Waals surface area contributed by atoms with Crippen molar-refractivity contribution in [3.05, 3.63) is 17.5 Å². The van der Waals surface area contributed by atoms with Gasteiger partial charge in [0.15, 0.2) is 5.75 Å². The van der Waals surface area contributed by atoms with Crippen LogP contribution in [0.5, 0.6) is 11.5 Å². The molecule has 0 aromatic carbocycles. The molecule has 0 aliphatic rings. The van der Waals surface area contributed by atoms with Gasteiger partial charge in [0.25, 0.3) is 0 Å². The van der Waals surface area contributed by atoms with Gasteiger partial charge in [0.05, 0.1) is 23.7 Å². The average molecular weight is 286 g/mol. The summed E-state index contributed by atoms with van der Waals surface area (Å²) in [6, 6.07) is 0.635. The highest BCUT2D eigenvalue weighted by Crippen LogP contribution is 2.31. The summed E-state index contributed by atoms with van der Waals surface area (Å²) in [7, 11) is 0. The molecule has 0 saturated carbocycles. The Hall–Kier alpha value is -1.70. The molecule has 0 bridgehead atoms. The van der Waals surface area contributed by atoms with E-state index in [1.165, 1.54) is 0 Å². The summed E-state index contributed by atoms with van der Waals surface area (Å²) in [5, 5.41) is 17.9. The lowest BCUT2D eigenvalue weighted by atomic mass is 10.2. The van der Waals surface area contributed by atoms with E-state index in [4.69, 9.17) is 16.7 Å². The maximum atomic E-state index is 12.0. The topological polar surface area (TPSA) is 79.7 Å². The van der Waals surface area contributed by atoms with Gasteiger partial charge in [-0.25, -0.2) is 4.98 Å². The number of aromatic nitrogens is 1. The average Bonchev–Trinajstić information content (AvgIpc) is 2.19. The number of alkyl halides is 4. The standard InChI is InChI=1S/C9H7ClF3NO4/c10-3-5-7(18-9(11,12)13)2-6(15)4(14-5)1-8(16)17/h2,15H,1,3H2,(H,16,17). The molecule has 100 valence electrons. The minimum atomic E-state index is -4.96. The summed E-state index contributed by atoms with van der Waals surface area (Å²) in [5.74, 6) is -3.17. The second kappa shape index (κ2) is 5.30. The van der Waals surface area contributed by atoms with E-state index in [9.17, 15) is 23.1 Å². The maximum Gasteiger partial charge on any atom is 0.573 e. The third-order valence-electron chi connectivity index (χ3n) is 1.79. The number of hydrogen-bond acceptors (Lipinski definition) is 4. The summed E-state index contributed by atoms with van der Waals surface area (Å²) in [6.07, 6.45) is -5.59. The molecule has 0 unspecified atom stereocenters. The molecule has 0 amide bonds. The zero-order valence-electron chi connectivity index (χ0n) is 8.66. The summed E-state index contributed by atoms with van der Waals surface area (Å²) in [5.41, 5.74) is -0.587. The maximum absolute atomic E-state index is 12.0. The van der Waals surface area contributed by atoms with E-state index < -0.39 is 36.1 Å². The third kappa shape index (κ3) is 3.95. The Balaban J connectivity index is 3.14. The van der Waals surface area contributed by atoms with Crippen molar-refractivity contribution in [1.82, 2.24) is 4.98 Å². The lowest BCUT2D eigenvalue weighted by Gasteiger charge is -2.13. The molecule has 5 nitrogen and oxygen atoms in total. The Labute approximate surface area is 104 Å². The molecule has 9 heteroatoms. The molecule has 0 saturated heterocycles. The molecule has 0 spiro atoms. The number of carbonyl (C=O) groups is 1. The van der Waals surface area contributed by atoms with Gasteiger partial charge in [0.2, 0.25) is 0 Å². The molecule has 1 rings (SSSR count). The number of ether oxygens (including phenoxy) is 1. The minimum absolute atomic E-state index is 0.285. The lowest BCUT2D eigenvalue weighted by Crippen LogP contribution is -2.18. The van der Waals surface area contributed by atoms with Crippen LogP contribution >= 0.6 is 11.6 Å². The predicted molar refractivity (Wildman–Crippen MR) is 53.5 cm³/mol. The normalized spacial score (nSPS) is 11.3. The molecule has 2 N–H and O–H groups in total. The van der Waals surface area contributed by atoms with Crippen LogP contribution in [0.3, 0.4) is 0 Å². The van der Waals surface area contributed by atoms with Gasteiger partial charge in [-0.15, -0.1) is 24.8 Å². The zero-order valence-corrected chi connectivity index (χ0v) is 9.42. The number of nitrogens with zero attached hydrogens (tertiary/aromatic N) is 1. The Morgan fingerprint density at radius 2 is 2.06 bits per heavy atom. The molecule has 0 atom stereocenters. The van der Waals surface area contributed by atoms with E-state index in [1.54, 1.807) is 0 Å². The number of rotatable bonds is 4. The quantitative estimate of drug-likeness (QED) is 0.828. The molecular weight excluding hydrogens is 279 g/mol. The second-order valence-corrected chi connectivity index (χ2v) is 3.42. The molecule has 0 radical (unpaired) electrons. The SMILES string of the molecule is O=C(O)Cc1nc(CCl)c(OC(F)(F)F)cc1O. The van der Waals surface area contributed by atoms with Crippen LogP contribution in [0.25, 0.3) is 0 Å². The molecule has 1 aromatic rings. The first kappa shape index (κ1) is 14.4. The van der Waals surface area contributed by atoms with Crippen molar-refractivity contribution in [2.24, 2.45) is 0 Å².